The zero-order valence-electron chi connectivity index (χ0n) is 10.4. The maximum atomic E-state index is 11.6. The number of carbonyl (C=O) groups is 1. The molecule has 1 aliphatic rings. The van der Waals surface area contributed by atoms with Gasteiger partial charge in [0, 0.05) is 6.04 Å². The Morgan fingerprint density at radius 2 is 2.00 bits per heavy atom. The summed E-state index contributed by atoms with van der Waals surface area (Å²) in [5.74, 6) is 0.519. The van der Waals surface area contributed by atoms with Crippen molar-refractivity contribution >= 4 is 16.3 Å². The summed E-state index contributed by atoms with van der Waals surface area (Å²) in [4.78, 5) is 11.2. The first-order valence-corrected chi connectivity index (χ1v) is 7.27. The Balaban J connectivity index is 2.43. The van der Waals surface area contributed by atoms with Gasteiger partial charge in [0.1, 0.15) is 0 Å². The van der Waals surface area contributed by atoms with Crippen molar-refractivity contribution in [1.29, 1.82) is 0 Å². The van der Waals surface area contributed by atoms with Gasteiger partial charge in [-0.05, 0) is 39.0 Å². The Morgan fingerprint density at radius 1 is 1.35 bits per heavy atom. The summed E-state index contributed by atoms with van der Waals surface area (Å²) >= 11 is 0. The highest BCUT2D eigenvalue weighted by molar-refractivity contribution is 7.88. The minimum absolute atomic E-state index is 0.0886. The fourth-order valence-electron chi connectivity index (χ4n) is 1.91. The highest BCUT2D eigenvalue weighted by Crippen LogP contribution is 2.24. The number of carbonyl (C=O) groups excluding carboxylic acids is 1. The predicted molar refractivity (Wildman–Crippen MR) is 63.6 cm³/mol. The third-order valence-corrected chi connectivity index (χ3v) is 3.66. The lowest BCUT2D eigenvalue weighted by Gasteiger charge is -2.14. The average molecular weight is 264 g/mol. The number of hydrogen-bond donors (Lipinski definition) is 2. The van der Waals surface area contributed by atoms with E-state index in [1.54, 1.807) is 13.8 Å². The highest BCUT2D eigenvalue weighted by Gasteiger charge is 2.26. The molecule has 0 aliphatic heterocycles. The van der Waals surface area contributed by atoms with Crippen molar-refractivity contribution < 1.29 is 17.9 Å². The molecule has 1 fully saturated rings. The van der Waals surface area contributed by atoms with Gasteiger partial charge in [0.05, 0.1) is 6.10 Å². The molecule has 2 N–H and O–H groups in total. The molecule has 1 aliphatic carbocycles. The maximum Gasteiger partial charge on any atom is 0.422 e. The van der Waals surface area contributed by atoms with Gasteiger partial charge in [-0.25, -0.2) is 9.52 Å². The van der Waals surface area contributed by atoms with E-state index < -0.39 is 16.3 Å². The molecular weight excluding hydrogens is 244 g/mol. The van der Waals surface area contributed by atoms with Crippen molar-refractivity contribution in [3.63, 3.8) is 0 Å². The molecular formula is C10H20N2O4S. The third kappa shape index (κ3) is 5.36. The monoisotopic (exact) mass is 264 g/mol. The van der Waals surface area contributed by atoms with Crippen LogP contribution in [0.2, 0.25) is 0 Å². The van der Waals surface area contributed by atoms with Gasteiger partial charge in [-0.15, -0.1) is 0 Å². The number of ether oxygens (including phenoxy) is 1. The lowest BCUT2D eigenvalue weighted by molar-refractivity contribution is 0.121. The fourth-order valence-corrected chi connectivity index (χ4v) is 2.89. The van der Waals surface area contributed by atoms with Gasteiger partial charge in [0.2, 0.25) is 0 Å². The van der Waals surface area contributed by atoms with Crippen LogP contribution in [0.15, 0.2) is 0 Å². The van der Waals surface area contributed by atoms with Gasteiger partial charge < -0.3 is 4.74 Å². The standard InChI is InChI=1S/C10H20N2O4S/c1-7(2)16-10(13)12-17(14,15)11-9-5-4-8(3)6-9/h7-9,11H,4-6H2,1-3H3,(H,12,13). The summed E-state index contributed by atoms with van der Waals surface area (Å²) in [7, 11) is -3.81. The summed E-state index contributed by atoms with van der Waals surface area (Å²) < 4.78 is 32.1. The Labute approximate surface area is 102 Å². The number of nitrogens with one attached hydrogen (secondary N) is 2. The number of amides is 1. The summed E-state index contributed by atoms with van der Waals surface area (Å²) in [5, 5.41) is 0. The van der Waals surface area contributed by atoms with Crippen molar-refractivity contribution in [2.24, 2.45) is 5.92 Å². The minimum Gasteiger partial charge on any atom is -0.446 e. The molecule has 0 bridgehead atoms. The molecule has 100 valence electrons. The van der Waals surface area contributed by atoms with E-state index >= 15 is 0 Å². The molecule has 1 rings (SSSR count). The fraction of sp³-hybridized carbons (Fsp3) is 0.900. The van der Waals surface area contributed by atoms with E-state index in [1.165, 1.54) is 0 Å². The van der Waals surface area contributed by atoms with Crippen molar-refractivity contribution in [3.8, 4) is 0 Å². The van der Waals surface area contributed by atoms with E-state index in [4.69, 9.17) is 4.74 Å². The first-order chi connectivity index (χ1) is 7.78. The molecule has 0 heterocycles. The van der Waals surface area contributed by atoms with E-state index in [1.807, 2.05) is 4.72 Å². The lowest BCUT2D eigenvalue weighted by Crippen LogP contribution is -2.44. The van der Waals surface area contributed by atoms with Gasteiger partial charge >= 0.3 is 16.3 Å². The molecule has 6 nitrogen and oxygen atoms in total. The second-order valence-electron chi connectivity index (χ2n) is 4.79. The van der Waals surface area contributed by atoms with Crippen LogP contribution in [-0.2, 0) is 14.9 Å². The lowest BCUT2D eigenvalue weighted by atomic mass is 10.1. The number of rotatable bonds is 4. The summed E-state index contributed by atoms with van der Waals surface area (Å²) in [6.07, 6.45) is 1.32. The van der Waals surface area contributed by atoms with E-state index in [0.29, 0.717) is 5.92 Å². The van der Waals surface area contributed by atoms with Crippen molar-refractivity contribution in [2.45, 2.75) is 52.2 Å². The van der Waals surface area contributed by atoms with Crippen molar-refractivity contribution in [1.82, 2.24) is 9.44 Å². The average Bonchev–Trinajstić information content (AvgIpc) is 2.46. The first-order valence-electron chi connectivity index (χ1n) is 5.79. The molecule has 2 atom stereocenters. The zero-order valence-corrected chi connectivity index (χ0v) is 11.2. The summed E-state index contributed by atoms with van der Waals surface area (Å²) in [6, 6.07) is -0.0886. The Kier molecular flexibility index (Phi) is 4.76. The van der Waals surface area contributed by atoms with E-state index in [0.717, 1.165) is 19.3 Å². The van der Waals surface area contributed by atoms with Crippen LogP contribution in [0.5, 0.6) is 0 Å². The molecule has 7 heteroatoms. The molecule has 0 aromatic heterocycles. The van der Waals surface area contributed by atoms with Crippen LogP contribution in [0.3, 0.4) is 0 Å². The molecule has 1 saturated carbocycles. The molecule has 2 unspecified atom stereocenters. The van der Waals surface area contributed by atoms with E-state index in [2.05, 4.69) is 11.6 Å². The van der Waals surface area contributed by atoms with Crippen LogP contribution in [-0.4, -0.2) is 26.7 Å². The highest BCUT2D eigenvalue weighted by atomic mass is 32.2. The maximum absolute atomic E-state index is 11.6. The largest absolute Gasteiger partial charge is 0.446 e. The summed E-state index contributed by atoms with van der Waals surface area (Å²) in [6.45, 7) is 5.38. The van der Waals surface area contributed by atoms with Crippen LogP contribution < -0.4 is 9.44 Å². The smallest absolute Gasteiger partial charge is 0.422 e. The van der Waals surface area contributed by atoms with Gasteiger partial charge in [0.25, 0.3) is 0 Å². The van der Waals surface area contributed by atoms with Gasteiger partial charge in [-0.2, -0.15) is 13.1 Å². The topological polar surface area (TPSA) is 84.5 Å². The molecule has 0 aromatic rings. The van der Waals surface area contributed by atoms with Crippen molar-refractivity contribution in [2.75, 3.05) is 0 Å². The van der Waals surface area contributed by atoms with Crippen LogP contribution in [0.25, 0.3) is 0 Å². The van der Waals surface area contributed by atoms with E-state index in [-0.39, 0.29) is 12.1 Å². The first kappa shape index (κ1) is 14.2. The quantitative estimate of drug-likeness (QED) is 0.797. The van der Waals surface area contributed by atoms with Crippen molar-refractivity contribution in [3.05, 3.63) is 0 Å². The molecule has 17 heavy (non-hydrogen) atoms. The van der Waals surface area contributed by atoms with E-state index in [9.17, 15) is 13.2 Å². The van der Waals surface area contributed by atoms with Gasteiger partial charge in [-0.1, -0.05) is 6.92 Å². The Hall–Kier alpha value is -0.820. The molecule has 0 aromatic carbocycles. The van der Waals surface area contributed by atoms with Crippen LogP contribution >= 0.6 is 0 Å². The van der Waals surface area contributed by atoms with Crippen LogP contribution in [0.4, 0.5) is 4.79 Å². The van der Waals surface area contributed by atoms with Gasteiger partial charge in [-0.3, -0.25) is 0 Å². The molecule has 0 radical (unpaired) electrons. The predicted octanol–water partition coefficient (Wildman–Crippen LogP) is 1.14. The Bertz CT molecular complexity index is 367. The second kappa shape index (κ2) is 5.68. The number of hydrogen-bond acceptors (Lipinski definition) is 4. The van der Waals surface area contributed by atoms with Crippen LogP contribution in [0.1, 0.15) is 40.0 Å². The zero-order chi connectivity index (χ0) is 13.1. The molecule has 1 amide bonds. The van der Waals surface area contributed by atoms with Gasteiger partial charge in [0.15, 0.2) is 0 Å². The second-order valence-corrected chi connectivity index (χ2v) is 6.24. The minimum atomic E-state index is -3.81. The SMILES string of the molecule is CC1CCC(NS(=O)(=O)NC(=O)OC(C)C)C1. The van der Waals surface area contributed by atoms with Crippen LogP contribution in [0, 0.1) is 5.92 Å². The third-order valence-electron chi connectivity index (χ3n) is 2.58. The molecule has 0 spiro atoms. The Morgan fingerprint density at radius 3 is 2.47 bits per heavy atom. The molecule has 0 saturated heterocycles. The summed E-state index contributed by atoms with van der Waals surface area (Å²) in [5.41, 5.74) is 0. The normalized spacial score (nSPS) is 24.9.